The number of aryl methyl sites for hydroxylation is 2. The quantitative estimate of drug-likeness (QED) is 0.367. The summed E-state index contributed by atoms with van der Waals surface area (Å²) in [6, 6.07) is 21.3. The van der Waals surface area contributed by atoms with E-state index in [0.717, 1.165) is 41.1 Å². The van der Waals surface area contributed by atoms with E-state index in [-0.39, 0.29) is 12.3 Å². The van der Waals surface area contributed by atoms with Crippen molar-refractivity contribution in [1.29, 1.82) is 0 Å². The first-order valence-electron chi connectivity index (χ1n) is 10.9. The average Bonchev–Trinajstić information content (AvgIpc) is 3.05. The maximum Gasteiger partial charge on any atom is 0.328 e. The van der Waals surface area contributed by atoms with E-state index in [2.05, 4.69) is 5.32 Å². The van der Waals surface area contributed by atoms with Crippen molar-refractivity contribution in [1.82, 2.24) is 14.5 Å². The highest BCUT2D eigenvalue weighted by Crippen LogP contribution is 2.21. The number of halogens is 1. The van der Waals surface area contributed by atoms with E-state index in [9.17, 15) is 9.90 Å². The summed E-state index contributed by atoms with van der Waals surface area (Å²) in [4.78, 5) is 12.1. The van der Waals surface area contributed by atoms with Gasteiger partial charge in [0.2, 0.25) is 0 Å². The molecule has 7 heteroatoms. The molecule has 0 saturated heterocycles. The number of imidazole rings is 1. The second-order valence-electron chi connectivity index (χ2n) is 8.17. The van der Waals surface area contributed by atoms with Crippen molar-refractivity contribution in [3.63, 3.8) is 0 Å². The Kier molecular flexibility index (Phi) is 7.18. The van der Waals surface area contributed by atoms with Crippen LogP contribution in [0.3, 0.4) is 0 Å². The van der Waals surface area contributed by atoms with Gasteiger partial charge >= 0.3 is 5.69 Å². The number of ether oxygens (including phenoxy) is 1. The molecular weight excluding hydrogens is 438 g/mol. The monoisotopic (exact) mass is 465 g/mol. The molecule has 1 heterocycles. The van der Waals surface area contributed by atoms with Crippen molar-refractivity contribution in [2.24, 2.45) is 14.1 Å². The minimum absolute atomic E-state index is 0.0903. The molecule has 0 radical (unpaired) electrons. The van der Waals surface area contributed by atoms with E-state index in [1.54, 1.807) is 23.2 Å². The summed E-state index contributed by atoms with van der Waals surface area (Å²) < 4.78 is 8.96. The summed E-state index contributed by atoms with van der Waals surface area (Å²) in [7, 11) is 3.47. The molecule has 0 aliphatic carbocycles. The highest BCUT2D eigenvalue weighted by atomic mass is 35.5. The molecule has 0 saturated carbocycles. The molecule has 0 amide bonds. The Labute approximate surface area is 198 Å². The summed E-state index contributed by atoms with van der Waals surface area (Å²) >= 11 is 5.92. The number of hydrogen-bond acceptors (Lipinski definition) is 4. The number of fused-ring (bicyclic) bond motifs is 1. The number of nitrogens with zero attached hydrogens (tertiary/aromatic N) is 2. The van der Waals surface area contributed by atoms with E-state index in [1.165, 1.54) is 5.56 Å². The van der Waals surface area contributed by atoms with Crippen molar-refractivity contribution >= 4 is 22.6 Å². The Morgan fingerprint density at radius 2 is 1.61 bits per heavy atom. The van der Waals surface area contributed by atoms with Crippen LogP contribution in [0.25, 0.3) is 11.0 Å². The minimum Gasteiger partial charge on any atom is -0.491 e. The van der Waals surface area contributed by atoms with Gasteiger partial charge in [0.1, 0.15) is 18.5 Å². The van der Waals surface area contributed by atoms with Gasteiger partial charge in [-0.3, -0.25) is 9.13 Å². The van der Waals surface area contributed by atoms with Crippen LogP contribution >= 0.6 is 11.6 Å². The Balaban J connectivity index is 1.26. The fraction of sp³-hybridized carbons (Fsp3) is 0.269. The number of rotatable bonds is 9. The van der Waals surface area contributed by atoms with Crippen molar-refractivity contribution in [3.05, 3.63) is 98.9 Å². The van der Waals surface area contributed by atoms with Gasteiger partial charge in [0.05, 0.1) is 11.0 Å². The van der Waals surface area contributed by atoms with Gasteiger partial charge in [0, 0.05) is 25.7 Å². The van der Waals surface area contributed by atoms with Gasteiger partial charge < -0.3 is 15.2 Å². The molecule has 6 nitrogen and oxygen atoms in total. The standard InChI is InChI=1S/C26H28ClN3O3/c1-29-23-12-7-20(15-24(23)30(2)26(29)32)25(31)17-33-22-10-5-19(6-11-22)16-28-14-13-18-3-8-21(27)9-4-18/h3-12,15,25,28,31H,13-14,16-17H2,1-2H3/t25-/m1/s1. The Morgan fingerprint density at radius 3 is 2.33 bits per heavy atom. The second kappa shape index (κ2) is 10.3. The first kappa shape index (κ1) is 23.1. The van der Waals surface area contributed by atoms with Gasteiger partial charge in [0.25, 0.3) is 0 Å². The highest BCUT2D eigenvalue weighted by molar-refractivity contribution is 6.30. The van der Waals surface area contributed by atoms with Crippen LogP contribution in [0.1, 0.15) is 22.8 Å². The normalized spacial score (nSPS) is 12.2. The van der Waals surface area contributed by atoms with Crippen LogP contribution in [0.4, 0.5) is 0 Å². The molecule has 0 fully saturated rings. The topological polar surface area (TPSA) is 68.4 Å². The number of aromatic nitrogens is 2. The highest BCUT2D eigenvalue weighted by Gasteiger charge is 2.13. The Bertz CT molecular complexity index is 1280. The maximum absolute atomic E-state index is 12.1. The van der Waals surface area contributed by atoms with Crippen molar-refractivity contribution in [2.75, 3.05) is 13.2 Å². The molecule has 2 N–H and O–H groups in total. The third-order valence-electron chi connectivity index (χ3n) is 5.84. The number of aliphatic hydroxyl groups excluding tert-OH is 1. The summed E-state index contributed by atoms with van der Waals surface area (Å²) in [5.74, 6) is 0.701. The number of benzene rings is 3. The summed E-state index contributed by atoms with van der Waals surface area (Å²) in [5.41, 5.74) is 4.65. The fourth-order valence-corrected chi connectivity index (χ4v) is 3.95. The molecule has 1 atom stereocenters. The first-order chi connectivity index (χ1) is 15.9. The lowest BCUT2D eigenvalue weighted by molar-refractivity contribution is 0.108. The van der Waals surface area contributed by atoms with E-state index < -0.39 is 6.10 Å². The summed E-state index contributed by atoms with van der Waals surface area (Å²) in [6.07, 6.45) is 0.151. The largest absolute Gasteiger partial charge is 0.491 e. The fourth-order valence-electron chi connectivity index (χ4n) is 3.82. The second-order valence-corrected chi connectivity index (χ2v) is 8.61. The van der Waals surface area contributed by atoms with E-state index >= 15 is 0 Å². The van der Waals surface area contributed by atoms with E-state index in [1.807, 2.05) is 66.7 Å². The van der Waals surface area contributed by atoms with Gasteiger partial charge in [0.15, 0.2) is 0 Å². The van der Waals surface area contributed by atoms with Gasteiger partial charge in [-0.05, 0) is 66.1 Å². The molecule has 3 aromatic carbocycles. The van der Waals surface area contributed by atoms with Crippen LogP contribution < -0.4 is 15.7 Å². The third kappa shape index (κ3) is 5.47. The molecule has 1 aromatic heterocycles. The number of aliphatic hydroxyl groups is 1. The van der Waals surface area contributed by atoms with Crippen molar-refractivity contribution in [2.45, 2.75) is 19.1 Å². The Morgan fingerprint density at radius 1 is 0.939 bits per heavy atom. The van der Waals surface area contributed by atoms with Crippen LogP contribution in [0.5, 0.6) is 5.75 Å². The lowest BCUT2D eigenvalue weighted by atomic mass is 10.1. The molecule has 0 spiro atoms. The number of hydrogen-bond donors (Lipinski definition) is 2. The van der Waals surface area contributed by atoms with Crippen LogP contribution in [0.2, 0.25) is 5.02 Å². The first-order valence-corrected chi connectivity index (χ1v) is 11.3. The molecule has 4 aromatic rings. The number of nitrogens with one attached hydrogen (secondary N) is 1. The van der Waals surface area contributed by atoms with Gasteiger partial charge in [-0.25, -0.2) is 4.79 Å². The van der Waals surface area contributed by atoms with Crippen LogP contribution in [0.15, 0.2) is 71.5 Å². The zero-order chi connectivity index (χ0) is 23.4. The lowest BCUT2D eigenvalue weighted by Crippen LogP contribution is -2.19. The van der Waals surface area contributed by atoms with Crippen molar-refractivity contribution < 1.29 is 9.84 Å². The molecule has 0 aliphatic heterocycles. The zero-order valence-electron chi connectivity index (χ0n) is 18.8. The molecule has 0 unspecified atom stereocenters. The molecule has 33 heavy (non-hydrogen) atoms. The summed E-state index contributed by atoms with van der Waals surface area (Å²) in [5, 5.41) is 14.8. The summed E-state index contributed by atoms with van der Waals surface area (Å²) in [6.45, 7) is 1.78. The molecular formula is C26H28ClN3O3. The van der Waals surface area contributed by atoms with Gasteiger partial charge in [-0.2, -0.15) is 0 Å². The molecule has 172 valence electrons. The van der Waals surface area contributed by atoms with E-state index in [4.69, 9.17) is 16.3 Å². The van der Waals surface area contributed by atoms with Crippen LogP contribution in [0, 0.1) is 0 Å². The van der Waals surface area contributed by atoms with Gasteiger partial charge in [-0.15, -0.1) is 0 Å². The Hall–Kier alpha value is -3.06. The molecule has 4 rings (SSSR count). The SMILES string of the molecule is Cn1c(=O)n(C)c2cc([C@H](O)COc3ccc(CNCCc4ccc(Cl)cc4)cc3)ccc21. The van der Waals surface area contributed by atoms with E-state index in [0.29, 0.717) is 11.3 Å². The minimum atomic E-state index is -0.793. The predicted octanol–water partition coefficient (Wildman–Crippen LogP) is 3.98. The molecule has 0 bridgehead atoms. The zero-order valence-corrected chi connectivity index (χ0v) is 19.5. The third-order valence-corrected chi connectivity index (χ3v) is 6.10. The lowest BCUT2D eigenvalue weighted by Gasteiger charge is -2.14. The van der Waals surface area contributed by atoms with Crippen molar-refractivity contribution in [3.8, 4) is 5.75 Å². The average molecular weight is 466 g/mol. The smallest absolute Gasteiger partial charge is 0.328 e. The molecule has 0 aliphatic rings. The van der Waals surface area contributed by atoms with Crippen LogP contribution in [-0.4, -0.2) is 27.4 Å². The van der Waals surface area contributed by atoms with Gasteiger partial charge in [-0.1, -0.05) is 41.9 Å². The maximum atomic E-state index is 12.1. The van der Waals surface area contributed by atoms with Crippen LogP contribution in [-0.2, 0) is 27.1 Å². The predicted molar refractivity (Wildman–Crippen MR) is 132 cm³/mol.